The van der Waals surface area contributed by atoms with Gasteiger partial charge in [-0.2, -0.15) is 0 Å². The normalized spacial score (nSPS) is 11.6. The third-order valence-electron chi connectivity index (χ3n) is 3.91. The number of aliphatic imine (C=N–C) groups is 1. The molecule has 3 nitrogen and oxygen atoms in total. The van der Waals surface area contributed by atoms with E-state index in [0.717, 1.165) is 5.69 Å². The van der Waals surface area contributed by atoms with Gasteiger partial charge in [-0.25, -0.2) is 0 Å². The topological polar surface area (TPSA) is 41.8 Å². The molecule has 0 spiro atoms. The Bertz CT molecular complexity index is 677. The maximum atomic E-state index is 10.0. The van der Waals surface area contributed by atoms with Crippen LogP contribution in [0.2, 0.25) is 0 Å². The zero-order valence-electron chi connectivity index (χ0n) is 14.5. The predicted octanol–water partition coefficient (Wildman–Crippen LogP) is 5.40. The molecule has 0 amide bonds. The summed E-state index contributed by atoms with van der Waals surface area (Å²) < 4.78 is 5.21. The molecule has 3 heteroatoms. The van der Waals surface area contributed by atoms with E-state index < -0.39 is 0 Å². The maximum Gasteiger partial charge on any atom is 0.124 e. The number of nitrogens with zero attached hydrogens (tertiary/aromatic N) is 1. The van der Waals surface area contributed by atoms with Gasteiger partial charge in [-0.05, 0) is 41.2 Å². The molecule has 122 valence electrons. The molecule has 1 N–H and O–H groups in total. The average Bonchev–Trinajstić information content (AvgIpc) is 2.53. The lowest BCUT2D eigenvalue weighted by Gasteiger charge is -2.16. The van der Waals surface area contributed by atoms with E-state index in [0.29, 0.717) is 23.1 Å². The van der Waals surface area contributed by atoms with Crippen LogP contribution in [0.5, 0.6) is 11.5 Å². The number of phenols is 1. The minimum atomic E-state index is 0.197. The van der Waals surface area contributed by atoms with Crippen LogP contribution in [0, 0.1) is 0 Å². The van der Waals surface area contributed by atoms with Gasteiger partial charge < -0.3 is 9.84 Å². The summed E-state index contributed by atoms with van der Waals surface area (Å²) in [5.41, 5.74) is 4.09. The lowest BCUT2D eigenvalue weighted by atomic mass is 9.93. The Morgan fingerprint density at radius 1 is 1.00 bits per heavy atom. The van der Waals surface area contributed by atoms with Crippen LogP contribution in [0.4, 0.5) is 5.69 Å². The standard InChI is InChI=1S/C20H25NO2/c1-13(2)17-7-6-8-18(14(3)4)20(17)21-12-15-11-16(23-5)9-10-19(15)22/h6-14,22H,1-5H3/b21-12+. The van der Waals surface area contributed by atoms with Crippen LogP contribution in [0.3, 0.4) is 0 Å². The number of methoxy groups -OCH3 is 1. The minimum Gasteiger partial charge on any atom is -0.507 e. The van der Waals surface area contributed by atoms with Gasteiger partial charge in [0.15, 0.2) is 0 Å². The number of aromatic hydroxyl groups is 1. The summed E-state index contributed by atoms with van der Waals surface area (Å²) in [5, 5.41) is 10.0. The molecule has 2 aromatic carbocycles. The first-order valence-electron chi connectivity index (χ1n) is 7.98. The van der Waals surface area contributed by atoms with Crippen molar-refractivity contribution in [3.8, 4) is 11.5 Å². The van der Waals surface area contributed by atoms with Gasteiger partial charge in [0.05, 0.1) is 12.8 Å². The van der Waals surface area contributed by atoms with E-state index in [1.165, 1.54) is 11.1 Å². The SMILES string of the molecule is COc1ccc(O)c(/C=N/c2c(C(C)C)cccc2C(C)C)c1. The fourth-order valence-electron chi connectivity index (χ4n) is 2.56. The van der Waals surface area contributed by atoms with E-state index in [2.05, 4.69) is 45.9 Å². The summed E-state index contributed by atoms with van der Waals surface area (Å²) in [6.45, 7) is 8.67. The second-order valence-corrected chi connectivity index (χ2v) is 6.28. The Balaban J connectivity index is 2.50. The van der Waals surface area contributed by atoms with Crippen LogP contribution in [-0.2, 0) is 0 Å². The highest BCUT2D eigenvalue weighted by Gasteiger charge is 2.13. The van der Waals surface area contributed by atoms with Crippen LogP contribution >= 0.6 is 0 Å². The van der Waals surface area contributed by atoms with E-state index in [4.69, 9.17) is 9.73 Å². The fourth-order valence-corrected chi connectivity index (χ4v) is 2.56. The van der Waals surface area contributed by atoms with Crippen molar-refractivity contribution in [1.29, 1.82) is 0 Å². The molecule has 0 unspecified atom stereocenters. The number of benzene rings is 2. The monoisotopic (exact) mass is 311 g/mol. The lowest BCUT2D eigenvalue weighted by Crippen LogP contribution is -1.96. The molecule has 0 saturated carbocycles. The van der Waals surface area contributed by atoms with Crippen molar-refractivity contribution in [2.45, 2.75) is 39.5 Å². The molecule has 0 bridgehead atoms. The van der Waals surface area contributed by atoms with Crippen LogP contribution in [-0.4, -0.2) is 18.4 Å². The van der Waals surface area contributed by atoms with Gasteiger partial charge >= 0.3 is 0 Å². The summed E-state index contributed by atoms with van der Waals surface area (Å²) in [6, 6.07) is 11.5. The number of hydrogen-bond acceptors (Lipinski definition) is 3. The molecule has 0 radical (unpaired) electrons. The van der Waals surface area contributed by atoms with E-state index in [9.17, 15) is 5.11 Å². The number of hydrogen-bond donors (Lipinski definition) is 1. The van der Waals surface area contributed by atoms with E-state index >= 15 is 0 Å². The second kappa shape index (κ2) is 7.32. The first kappa shape index (κ1) is 17.1. The number of phenolic OH excluding ortho intramolecular Hbond substituents is 1. The summed E-state index contributed by atoms with van der Waals surface area (Å²) >= 11 is 0. The van der Waals surface area contributed by atoms with Gasteiger partial charge in [-0.3, -0.25) is 4.99 Å². The van der Waals surface area contributed by atoms with Crippen LogP contribution < -0.4 is 4.74 Å². The largest absolute Gasteiger partial charge is 0.507 e. The van der Waals surface area contributed by atoms with E-state index in [1.54, 1.807) is 31.5 Å². The Morgan fingerprint density at radius 3 is 2.13 bits per heavy atom. The van der Waals surface area contributed by atoms with Crippen molar-refractivity contribution in [3.63, 3.8) is 0 Å². The Morgan fingerprint density at radius 2 is 1.61 bits per heavy atom. The van der Waals surface area contributed by atoms with Gasteiger partial charge in [0.1, 0.15) is 11.5 Å². The van der Waals surface area contributed by atoms with Crippen molar-refractivity contribution < 1.29 is 9.84 Å². The highest BCUT2D eigenvalue weighted by atomic mass is 16.5. The van der Waals surface area contributed by atoms with Crippen molar-refractivity contribution in [3.05, 3.63) is 53.1 Å². The average molecular weight is 311 g/mol. The third-order valence-corrected chi connectivity index (χ3v) is 3.91. The highest BCUT2D eigenvalue weighted by molar-refractivity contribution is 5.86. The summed E-state index contributed by atoms with van der Waals surface area (Å²) in [5.74, 6) is 1.67. The number of para-hydroxylation sites is 1. The van der Waals surface area contributed by atoms with Gasteiger partial charge in [0.25, 0.3) is 0 Å². The third kappa shape index (κ3) is 3.92. The fraction of sp³-hybridized carbons (Fsp3) is 0.350. The summed E-state index contributed by atoms with van der Waals surface area (Å²) in [4.78, 5) is 4.71. The van der Waals surface area contributed by atoms with Crippen molar-refractivity contribution in [2.75, 3.05) is 7.11 Å². The molecule has 0 heterocycles. The maximum absolute atomic E-state index is 10.0. The van der Waals surface area contributed by atoms with E-state index in [-0.39, 0.29) is 5.75 Å². The molecule has 0 atom stereocenters. The molecule has 0 aromatic heterocycles. The van der Waals surface area contributed by atoms with Crippen LogP contribution in [0.25, 0.3) is 0 Å². The Labute approximate surface area is 138 Å². The predicted molar refractivity (Wildman–Crippen MR) is 96.5 cm³/mol. The molecule has 2 aromatic rings. The highest BCUT2D eigenvalue weighted by Crippen LogP contribution is 2.35. The molecular formula is C20H25NO2. The minimum absolute atomic E-state index is 0.197. The number of ether oxygens (including phenoxy) is 1. The molecule has 0 aliphatic heterocycles. The van der Waals surface area contributed by atoms with Gasteiger partial charge in [-0.1, -0.05) is 45.9 Å². The molecular weight excluding hydrogens is 286 g/mol. The molecule has 0 aliphatic carbocycles. The molecule has 0 aliphatic rings. The van der Waals surface area contributed by atoms with Crippen LogP contribution in [0.15, 0.2) is 41.4 Å². The molecule has 2 rings (SSSR count). The van der Waals surface area contributed by atoms with Crippen LogP contribution in [0.1, 0.15) is 56.2 Å². The zero-order valence-corrected chi connectivity index (χ0v) is 14.5. The second-order valence-electron chi connectivity index (χ2n) is 6.28. The molecule has 0 saturated heterocycles. The quantitative estimate of drug-likeness (QED) is 0.751. The first-order valence-corrected chi connectivity index (χ1v) is 7.98. The van der Waals surface area contributed by atoms with Gasteiger partial charge in [0, 0.05) is 11.8 Å². The van der Waals surface area contributed by atoms with Crippen molar-refractivity contribution in [2.24, 2.45) is 4.99 Å². The summed E-state index contributed by atoms with van der Waals surface area (Å²) in [6.07, 6.45) is 1.71. The molecule has 0 fully saturated rings. The van der Waals surface area contributed by atoms with Crippen molar-refractivity contribution >= 4 is 11.9 Å². The smallest absolute Gasteiger partial charge is 0.124 e. The zero-order chi connectivity index (χ0) is 17.0. The number of rotatable bonds is 5. The van der Waals surface area contributed by atoms with E-state index in [1.807, 2.05) is 0 Å². The Hall–Kier alpha value is -2.29. The first-order chi connectivity index (χ1) is 10.9. The van der Waals surface area contributed by atoms with Crippen molar-refractivity contribution in [1.82, 2.24) is 0 Å². The van der Waals surface area contributed by atoms with Gasteiger partial charge in [0.2, 0.25) is 0 Å². The Kier molecular flexibility index (Phi) is 5.43. The lowest BCUT2D eigenvalue weighted by molar-refractivity contribution is 0.412. The summed E-state index contributed by atoms with van der Waals surface area (Å²) in [7, 11) is 1.61. The van der Waals surface area contributed by atoms with Gasteiger partial charge in [-0.15, -0.1) is 0 Å². The molecule has 23 heavy (non-hydrogen) atoms.